The normalized spacial score (nSPS) is 14.2. The van der Waals surface area contributed by atoms with Crippen molar-refractivity contribution >= 4 is 5.78 Å². The van der Waals surface area contributed by atoms with E-state index in [9.17, 15) is 4.79 Å². The highest BCUT2D eigenvalue weighted by Gasteiger charge is 2.29. The Kier molecular flexibility index (Phi) is 2.91. The molecular formula is C13H13NO2. The molecule has 1 saturated carbocycles. The Morgan fingerprint density at radius 3 is 2.88 bits per heavy atom. The van der Waals surface area contributed by atoms with E-state index in [2.05, 4.69) is 6.07 Å². The van der Waals surface area contributed by atoms with Gasteiger partial charge < -0.3 is 4.74 Å². The van der Waals surface area contributed by atoms with Crippen LogP contribution in [0.25, 0.3) is 0 Å². The van der Waals surface area contributed by atoms with E-state index in [1.54, 1.807) is 18.2 Å². The summed E-state index contributed by atoms with van der Waals surface area (Å²) in [7, 11) is 0. The lowest BCUT2D eigenvalue weighted by Gasteiger charge is -2.06. The number of benzene rings is 1. The predicted octanol–water partition coefficient (Wildman–Crippen LogP) is 2.22. The van der Waals surface area contributed by atoms with Crippen molar-refractivity contribution in [2.75, 3.05) is 6.61 Å². The van der Waals surface area contributed by atoms with Gasteiger partial charge in [0.1, 0.15) is 12.4 Å². The lowest BCUT2D eigenvalue weighted by Crippen LogP contribution is -2.12. The molecule has 0 N–H and O–H groups in total. The molecule has 1 fully saturated rings. The summed E-state index contributed by atoms with van der Waals surface area (Å²) < 4.78 is 5.39. The maximum Gasteiger partial charge on any atom is 0.173 e. The van der Waals surface area contributed by atoms with Gasteiger partial charge in [0.2, 0.25) is 0 Å². The molecule has 1 aliphatic carbocycles. The van der Waals surface area contributed by atoms with Gasteiger partial charge in [0.25, 0.3) is 0 Å². The molecule has 0 saturated heterocycles. The van der Waals surface area contributed by atoms with Gasteiger partial charge in [0, 0.05) is 5.92 Å². The third-order valence-corrected chi connectivity index (χ3v) is 2.73. The first kappa shape index (κ1) is 10.7. The second-order valence-corrected chi connectivity index (χ2v) is 4.12. The summed E-state index contributed by atoms with van der Waals surface area (Å²) in [5.74, 6) is 1.08. The second kappa shape index (κ2) is 4.36. The molecule has 1 aromatic carbocycles. The minimum absolute atomic E-state index is 0.149. The Labute approximate surface area is 94.6 Å². The summed E-state index contributed by atoms with van der Waals surface area (Å²) in [5.41, 5.74) is 1.51. The van der Waals surface area contributed by atoms with Gasteiger partial charge in [-0.15, -0.1) is 0 Å². The number of ketones is 1. The molecule has 0 spiro atoms. The van der Waals surface area contributed by atoms with Crippen LogP contribution in [-0.4, -0.2) is 12.4 Å². The largest absolute Gasteiger partial charge is 0.486 e. The number of carbonyl (C=O) groups excluding carboxylic acids is 1. The van der Waals surface area contributed by atoms with Gasteiger partial charge in [-0.2, -0.15) is 5.26 Å². The SMILES string of the molecule is Cc1cc(OCC(=O)C2CC2)ccc1C#N. The molecule has 0 heterocycles. The predicted molar refractivity (Wildman–Crippen MR) is 59.1 cm³/mol. The fraction of sp³-hybridized carbons (Fsp3) is 0.385. The first-order valence-electron chi connectivity index (χ1n) is 5.37. The molecule has 0 aliphatic heterocycles. The van der Waals surface area contributed by atoms with Crippen molar-refractivity contribution in [3.8, 4) is 11.8 Å². The number of hydrogen-bond acceptors (Lipinski definition) is 3. The Morgan fingerprint density at radius 2 is 2.31 bits per heavy atom. The van der Waals surface area contributed by atoms with Gasteiger partial charge in [0.05, 0.1) is 11.6 Å². The zero-order valence-corrected chi connectivity index (χ0v) is 9.19. The first-order chi connectivity index (χ1) is 7.70. The van der Waals surface area contributed by atoms with E-state index in [0.717, 1.165) is 18.4 Å². The van der Waals surface area contributed by atoms with Gasteiger partial charge in [0.15, 0.2) is 5.78 Å². The van der Waals surface area contributed by atoms with Gasteiger partial charge >= 0.3 is 0 Å². The second-order valence-electron chi connectivity index (χ2n) is 4.12. The Morgan fingerprint density at radius 1 is 1.56 bits per heavy atom. The number of rotatable bonds is 4. The monoisotopic (exact) mass is 215 g/mol. The number of aryl methyl sites for hydroxylation is 1. The molecule has 1 aromatic rings. The van der Waals surface area contributed by atoms with Crippen LogP contribution in [0.2, 0.25) is 0 Å². The van der Waals surface area contributed by atoms with E-state index in [0.29, 0.717) is 11.3 Å². The summed E-state index contributed by atoms with van der Waals surface area (Å²) in [6, 6.07) is 7.33. The van der Waals surface area contributed by atoms with E-state index in [1.165, 1.54) is 0 Å². The molecule has 0 unspecified atom stereocenters. The van der Waals surface area contributed by atoms with Crippen LogP contribution in [0.15, 0.2) is 18.2 Å². The van der Waals surface area contributed by atoms with E-state index < -0.39 is 0 Å². The third kappa shape index (κ3) is 2.40. The maximum atomic E-state index is 11.4. The van der Waals surface area contributed by atoms with Gasteiger partial charge in [-0.25, -0.2) is 0 Å². The van der Waals surface area contributed by atoms with Crippen molar-refractivity contribution in [2.24, 2.45) is 5.92 Å². The van der Waals surface area contributed by atoms with E-state index in [1.807, 2.05) is 6.92 Å². The highest BCUT2D eigenvalue weighted by Crippen LogP contribution is 2.30. The van der Waals surface area contributed by atoms with Gasteiger partial charge in [-0.3, -0.25) is 4.79 Å². The molecule has 16 heavy (non-hydrogen) atoms. The van der Waals surface area contributed by atoms with Crippen LogP contribution in [-0.2, 0) is 4.79 Å². The minimum Gasteiger partial charge on any atom is -0.486 e. The zero-order valence-electron chi connectivity index (χ0n) is 9.19. The molecular weight excluding hydrogens is 202 g/mol. The quantitative estimate of drug-likeness (QED) is 0.773. The Balaban J connectivity index is 1.97. The van der Waals surface area contributed by atoms with Crippen molar-refractivity contribution < 1.29 is 9.53 Å². The summed E-state index contributed by atoms with van der Waals surface area (Å²) in [6.45, 7) is 2.00. The molecule has 0 aromatic heterocycles. The molecule has 82 valence electrons. The van der Waals surface area contributed by atoms with Crippen molar-refractivity contribution in [3.63, 3.8) is 0 Å². The number of ether oxygens (including phenoxy) is 1. The number of carbonyl (C=O) groups is 1. The summed E-state index contributed by atoms with van der Waals surface area (Å²) in [6.07, 6.45) is 2.02. The van der Waals surface area contributed by atoms with Crippen molar-refractivity contribution in [3.05, 3.63) is 29.3 Å². The van der Waals surface area contributed by atoms with Gasteiger partial charge in [-0.05, 0) is 43.5 Å². The van der Waals surface area contributed by atoms with Crippen LogP contribution in [0.4, 0.5) is 0 Å². The smallest absolute Gasteiger partial charge is 0.173 e. The lowest BCUT2D eigenvalue weighted by molar-refractivity contribution is -0.122. The Hall–Kier alpha value is -1.82. The molecule has 0 radical (unpaired) electrons. The number of Topliss-reactive ketones (excluding diaryl/α,β-unsaturated/α-hetero) is 1. The minimum atomic E-state index is 0.149. The molecule has 1 aliphatic rings. The number of hydrogen-bond donors (Lipinski definition) is 0. The molecule has 0 amide bonds. The summed E-state index contributed by atoms with van der Waals surface area (Å²) in [4.78, 5) is 11.4. The molecule has 0 atom stereocenters. The summed E-state index contributed by atoms with van der Waals surface area (Å²) >= 11 is 0. The topological polar surface area (TPSA) is 50.1 Å². The van der Waals surface area contributed by atoms with Crippen LogP contribution in [0.5, 0.6) is 5.75 Å². The van der Waals surface area contributed by atoms with Crippen molar-refractivity contribution in [1.29, 1.82) is 5.26 Å². The molecule has 0 bridgehead atoms. The zero-order chi connectivity index (χ0) is 11.5. The summed E-state index contributed by atoms with van der Waals surface area (Å²) in [5, 5.41) is 8.76. The third-order valence-electron chi connectivity index (χ3n) is 2.73. The van der Waals surface area contributed by atoms with Crippen LogP contribution in [0.1, 0.15) is 24.0 Å². The number of nitriles is 1. The van der Waals surface area contributed by atoms with E-state index in [-0.39, 0.29) is 18.3 Å². The van der Waals surface area contributed by atoms with Gasteiger partial charge in [-0.1, -0.05) is 0 Å². The van der Waals surface area contributed by atoms with Crippen molar-refractivity contribution in [2.45, 2.75) is 19.8 Å². The van der Waals surface area contributed by atoms with Crippen molar-refractivity contribution in [1.82, 2.24) is 0 Å². The lowest BCUT2D eigenvalue weighted by atomic mass is 10.1. The fourth-order valence-electron chi connectivity index (χ4n) is 1.53. The number of nitrogens with zero attached hydrogens (tertiary/aromatic N) is 1. The Bertz CT molecular complexity index is 455. The molecule has 3 heteroatoms. The average Bonchev–Trinajstić information content (AvgIpc) is 3.10. The highest BCUT2D eigenvalue weighted by molar-refractivity contribution is 5.84. The van der Waals surface area contributed by atoms with Crippen LogP contribution >= 0.6 is 0 Å². The van der Waals surface area contributed by atoms with E-state index in [4.69, 9.17) is 10.00 Å². The first-order valence-corrected chi connectivity index (χ1v) is 5.37. The average molecular weight is 215 g/mol. The van der Waals surface area contributed by atoms with Crippen LogP contribution in [0, 0.1) is 24.2 Å². The van der Waals surface area contributed by atoms with Crippen LogP contribution < -0.4 is 4.74 Å². The van der Waals surface area contributed by atoms with E-state index >= 15 is 0 Å². The maximum absolute atomic E-state index is 11.4. The van der Waals surface area contributed by atoms with Crippen LogP contribution in [0.3, 0.4) is 0 Å². The molecule has 2 rings (SSSR count). The fourth-order valence-corrected chi connectivity index (χ4v) is 1.53. The standard InChI is InChI=1S/C13H13NO2/c1-9-6-12(5-4-11(9)7-14)16-8-13(15)10-2-3-10/h4-6,10H,2-3,8H2,1H3. The highest BCUT2D eigenvalue weighted by atomic mass is 16.5. The molecule has 3 nitrogen and oxygen atoms in total.